The van der Waals surface area contributed by atoms with Crippen molar-refractivity contribution < 1.29 is 9.90 Å². The number of amides is 1. The summed E-state index contributed by atoms with van der Waals surface area (Å²) in [7, 11) is 4.09. The molecule has 1 unspecified atom stereocenters. The Morgan fingerprint density at radius 3 is 2.81 bits per heavy atom. The van der Waals surface area contributed by atoms with Crippen molar-refractivity contribution in [3.05, 3.63) is 59.4 Å². The molecular weight excluding hydrogens is 338 g/mol. The van der Waals surface area contributed by atoms with Crippen LogP contribution in [-0.2, 0) is 17.6 Å². The maximum atomic E-state index is 12.6. The van der Waals surface area contributed by atoms with Crippen molar-refractivity contribution in [1.82, 2.24) is 15.2 Å². The second-order valence-corrected chi connectivity index (χ2v) is 7.59. The van der Waals surface area contributed by atoms with Crippen LogP contribution in [0.25, 0.3) is 0 Å². The zero-order chi connectivity index (χ0) is 19.2. The summed E-state index contributed by atoms with van der Waals surface area (Å²) in [6.45, 7) is 0. The maximum Gasteiger partial charge on any atom is 0.220 e. The largest absolute Gasteiger partial charge is 0.508 e. The number of benzene rings is 1. The highest BCUT2D eigenvalue weighted by molar-refractivity contribution is 5.76. The van der Waals surface area contributed by atoms with Gasteiger partial charge in [-0.05, 0) is 75.5 Å². The number of carbonyl (C=O) groups excluding carboxylic acids is 1. The average molecular weight is 367 g/mol. The molecule has 2 atom stereocenters. The highest BCUT2D eigenvalue weighted by Gasteiger charge is 2.23. The molecule has 2 aromatic rings. The molecule has 144 valence electrons. The summed E-state index contributed by atoms with van der Waals surface area (Å²) in [6.07, 6.45) is 7.05. The van der Waals surface area contributed by atoms with Gasteiger partial charge in [-0.3, -0.25) is 9.78 Å². The third-order valence-corrected chi connectivity index (χ3v) is 5.37. The Morgan fingerprint density at radius 2 is 2.07 bits per heavy atom. The van der Waals surface area contributed by atoms with Crippen LogP contribution in [-0.4, -0.2) is 41.0 Å². The highest BCUT2D eigenvalue weighted by Crippen LogP contribution is 2.27. The Morgan fingerprint density at radius 1 is 1.30 bits per heavy atom. The molecule has 1 aliphatic rings. The molecule has 0 saturated carbocycles. The van der Waals surface area contributed by atoms with E-state index in [-0.39, 0.29) is 23.7 Å². The lowest BCUT2D eigenvalue weighted by atomic mass is 9.91. The summed E-state index contributed by atoms with van der Waals surface area (Å²) in [5.74, 6) is 0.372. The second-order valence-electron chi connectivity index (χ2n) is 7.59. The molecule has 2 N–H and O–H groups in total. The van der Waals surface area contributed by atoms with Crippen LogP contribution in [0.15, 0.2) is 42.6 Å². The first kappa shape index (κ1) is 19.4. The number of aromatic hydroxyl groups is 1. The lowest BCUT2D eigenvalue weighted by Gasteiger charge is -2.27. The molecule has 1 amide bonds. The number of nitrogens with zero attached hydrogens (tertiary/aromatic N) is 2. The summed E-state index contributed by atoms with van der Waals surface area (Å²) in [5, 5.41) is 12.6. The zero-order valence-electron chi connectivity index (χ0n) is 16.2. The van der Waals surface area contributed by atoms with E-state index in [9.17, 15) is 9.90 Å². The van der Waals surface area contributed by atoms with Crippen molar-refractivity contribution in [2.75, 3.05) is 14.1 Å². The van der Waals surface area contributed by atoms with E-state index in [0.717, 1.165) is 43.4 Å². The van der Waals surface area contributed by atoms with Crippen LogP contribution in [0.2, 0.25) is 0 Å². The van der Waals surface area contributed by atoms with Gasteiger partial charge in [-0.15, -0.1) is 0 Å². The Balaban J connectivity index is 1.55. The van der Waals surface area contributed by atoms with Crippen LogP contribution in [0.5, 0.6) is 5.75 Å². The monoisotopic (exact) mass is 367 g/mol. The van der Waals surface area contributed by atoms with Crippen molar-refractivity contribution >= 4 is 5.91 Å². The summed E-state index contributed by atoms with van der Waals surface area (Å²) in [5.41, 5.74) is 3.45. The minimum Gasteiger partial charge on any atom is -0.508 e. The number of pyridine rings is 1. The Labute approximate surface area is 161 Å². The fraction of sp³-hybridized carbons (Fsp3) is 0.455. The van der Waals surface area contributed by atoms with Gasteiger partial charge in [0.1, 0.15) is 5.75 Å². The number of phenols is 1. The first-order valence-electron chi connectivity index (χ1n) is 9.70. The van der Waals surface area contributed by atoms with E-state index in [0.29, 0.717) is 6.42 Å². The van der Waals surface area contributed by atoms with Crippen molar-refractivity contribution in [3.63, 3.8) is 0 Å². The molecule has 0 saturated heterocycles. The molecule has 5 nitrogen and oxygen atoms in total. The third-order valence-electron chi connectivity index (χ3n) is 5.37. The minimum atomic E-state index is 0.0392. The topological polar surface area (TPSA) is 65.5 Å². The number of nitrogens with one attached hydrogen (secondary N) is 1. The third kappa shape index (κ3) is 5.30. The van der Waals surface area contributed by atoms with E-state index in [1.165, 1.54) is 5.56 Å². The van der Waals surface area contributed by atoms with Crippen LogP contribution in [0.3, 0.4) is 0 Å². The van der Waals surface area contributed by atoms with Crippen molar-refractivity contribution in [1.29, 1.82) is 0 Å². The molecule has 1 aliphatic carbocycles. The van der Waals surface area contributed by atoms with E-state index in [1.807, 2.05) is 38.5 Å². The molecule has 3 rings (SSSR count). The number of aryl methyl sites for hydroxylation is 1. The molecule has 1 aromatic carbocycles. The number of hydrogen-bond donors (Lipinski definition) is 2. The Bertz CT molecular complexity index is 758. The number of aromatic nitrogens is 1. The van der Waals surface area contributed by atoms with Gasteiger partial charge in [0.05, 0.1) is 11.7 Å². The van der Waals surface area contributed by atoms with Crippen molar-refractivity contribution in [2.45, 2.75) is 50.6 Å². The molecule has 0 aliphatic heterocycles. The summed E-state index contributed by atoms with van der Waals surface area (Å²) in [6, 6.07) is 11.7. The Hall–Kier alpha value is -2.40. The van der Waals surface area contributed by atoms with Crippen LogP contribution >= 0.6 is 0 Å². The second kappa shape index (κ2) is 9.00. The van der Waals surface area contributed by atoms with Gasteiger partial charge >= 0.3 is 0 Å². The molecule has 0 bridgehead atoms. The highest BCUT2D eigenvalue weighted by atomic mass is 16.3. The molecule has 0 radical (unpaired) electrons. The molecule has 1 heterocycles. The molecular formula is C22H29N3O2. The quantitative estimate of drug-likeness (QED) is 0.788. The fourth-order valence-corrected chi connectivity index (χ4v) is 3.76. The molecule has 27 heavy (non-hydrogen) atoms. The van der Waals surface area contributed by atoms with Gasteiger partial charge in [0.15, 0.2) is 0 Å². The van der Waals surface area contributed by atoms with Gasteiger partial charge in [-0.1, -0.05) is 18.2 Å². The van der Waals surface area contributed by atoms with E-state index >= 15 is 0 Å². The number of carbonyl (C=O) groups is 1. The Kier molecular flexibility index (Phi) is 6.45. The molecule has 0 spiro atoms. The molecule has 5 heteroatoms. The van der Waals surface area contributed by atoms with Gasteiger partial charge in [0.2, 0.25) is 5.91 Å². The molecule has 0 fully saturated rings. The first-order chi connectivity index (χ1) is 13.0. The first-order valence-corrected chi connectivity index (χ1v) is 9.70. The minimum absolute atomic E-state index is 0.0392. The van der Waals surface area contributed by atoms with Gasteiger partial charge in [0.25, 0.3) is 0 Å². The van der Waals surface area contributed by atoms with Crippen LogP contribution < -0.4 is 5.32 Å². The smallest absolute Gasteiger partial charge is 0.220 e. The summed E-state index contributed by atoms with van der Waals surface area (Å²) in [4.78, 5) is 19.2. The van der Waals surface area contributed by atoms with Crippen LogP contribution in [0, 0.1) is 0 Å². The van der Waals surface area contributed by atoms with Gasteiger partial charge in [-0.25, -0.2) is 0 Å². The summed E-state index contributed by atoms with van der Waals surface area (Å²) < 4.78 is 0. The lowest BCUT2D eigenvalue weighted by Crippen LogP contribution is -2.35. The standard InChI is InChI=1S/C22H29N3O2/c1-25(2)18(15-16-8-11-19(26)12-9-16)10-13-21(27)24-20-7-3-5-17-6-4-14-23-22(17)20/h4,6,8-9,11-12,14,18,20,26H,3,5,7,10,13,15H2,1-2H3,(H,24,27)/t18-,20?/m1/s1. The van der Waals surface area contributed by atoms with Gasteiger partial charge < -0.3 is 15.3 Å². The number of phenolic OH excluding ortho intramolecular Hbond substituents is 1. The summed E-state index contributed by atoms with van der Waals surface area (Å²) >= 11 is 0. The average Bonchev–Trinajstić information content (AvgIpc) is 2.66. The predicted octanol–water partition coefficient (Wildman–Crippen LogP) is 3.23. The van der Waals surface area contributed by atoms with Crippen LogP contribution in [0.4, 0.5) is 0 Å². The number of fused-ring (bicyclic) bond motifs is 1. The SMILES string of the molecule is CN(C)[C@H](CCC(=O)NC1CCCc2cccnc21)Cc1ccc(O)cc1. The lowest BCUT2D eigenvalue weighted by molar-refractivity contribution is -0.122. The van der Waals surface area contributed by atoms with Crippen molar-refractivity contribution in [3.8, 4) is 5.75 Å². The number of likely N-dealkylation sites (N-methyl/N-ethyl adjacent to an activating group) is 1. The number of hydrogen-bond acceptors (Lipinski definition) is 4. The van der Waals surface area contributed by atoms with Gasteiger partial charge in [0, 0.05) is 18.7 Å². The zero-order valence-corrected chi connectivity index (χ0v) is 16.2. The van der Waals surface area contributed by atoms with E-state index in [4.69, 9.17) is 0 Å². The number of rotatable bonds is 7. The van der Waals surface area contributed by atoms with E-state index in [2.05, 4.69) is 21.3 Å². The van der Waals surface area contributed by atoms with E-state index < -0.39 is 0 Å². The van der Waals surface area contributed by atoms with Gasteiger partial charge in [-0.2, -0.15) is 0 Å². The predicted molar refractivity (Wildman–Crippen MR) is 107 cm³/mol. The van der Waals surface area contributed by atoms with E-state index in [1.54, 1.807) is 12.1 Å². The maximum absolute atomic E-state index is 12.6. The van der Waals surface area contributed by atoms with Crippen LogP contribution in [0.1, 0.15) is 48.5 Å². The van der Waals surface area contributed by atoms with Crippen molar-refractivity contribution in [2.24, 2.45) is 0 Å². The normalized spacial score (nSPS) is 17.4. The fourth-order valence-electron chi connectivity index (χ4n) is 3.76. The molecule has 1 aromatic heterocycles.